The number of amides is 1. The van der Waals surface area contributed by atoms with E-state index in [0.29, 0.717) is 72.1 Å². The molecule has 14 nitrogen and oxygen atoms in total. The molecule has 0 bridgehead atoms. The Labute approximate surface area is 315 Å². The van der Waals surface area contributed by atoms with Gasteiger partial charge in [0.1, 0.15) is 5.75 Å². The third-order valence-corrected chi connectivity index (χ3v) is 9.40. The molecule has 2 aliphatic rings. The van der Waals surface area contributed by atoms with E-state index in [0.717, 1.165) is 45.4 Å². The number of aromatic nitrogens is 2. The average Bonchev–Trinajstić information content (AvgIpc) is 3.56. The van der Waals surface area contributed by atoms with Gasteiger partial charge in [-0.3, -0.25) is 29.1 Å². The molecule has 0 spiro atoms. The van der Waals surface area contributed by atoms with Crippen LogP contribution in [0.5, 0.6) is 11.6 Å². The fraction of sp³-hybridized carbons (Fsp3) is 0.297. The minimum atomic E-state index is -0.855. The lowest BCUT2D eigenvalue weighted by atomic mass is 9.94. The van der Waals surface area contributed by atoms with Crippen LogP contribution in [0.2, 0.25) is 10.0 Å². The summed E-state index contributed by atoms with van der Waals surface area (Å²) in [7, 11) is 3.19. The molecule has 0 aliphatic carbocycles. The average molecular weight is 769 g/mol. The van der Waals surface area contributed by atoms with E-state index in [1.165, 1.54) is 0 Å². The number of hydrogen-bond acceptors (Lipinski definition) is 10. The Morgan fingerprint density at radius 2 is 1.74 bits per heavy atom. The van der Waals surface area contributed by atoms with E-state index >= 15 is 0 Å². The number of nitrogens with zero attached hydrogens (tertiary/aromatic N) is 3. The van der Waals surface area contributed by atoms with Crippen molar-refractivity contribution in [2.75, 3.05) is 33.9 Å². The molecule has 4 heterocycles. The Hall–Kier alpha value is -5.28. The van der Waals surface area contributed by atoms with Gasteiger partial charge < -0.3 is 35.4 Å². The number of carbonyl (C=O) groups is 4. The molecular weight excluding hydrogens is 729 g/mol. The van der Waals surface area contributed by atoms with Crippen molar-refractivity contribution in [1.29, 1.82) is 0 Å². The van der Waals surface area contributed by atoms with Crippen LogP contribution in [0.4, 0.5) is 0 Å². The van der Waals surface area contributed by atoms with Gasteiger partial charge in [-0.1, -0.05) is 47.5 Å². The molecule has 0 unspecified atom stereocenters. The van der Waals surface area contributed by atoms with Gasteiger partial charge in [-0.15, -0.1) is 0 Å². The smallest absolute Gasteiger partial charge is 0.317 e. The van der Waals surface area contributed by atoms with Gasteiger partial charge in [0, 0.05) is 78.2 Å². The van der Waals surface area contributed by atoms with E-state index in [2.05, 4.69) is 21.7 Å². The third-order valence-electron chi connectivity index (χ3n) is 8.61. The summed E-state index contributed by atoms with van der Waals surface area (Å²) < 4.78 is 11.4. The number of hydrogen-bond donors (Lipinski definition) is 5. The lowest BCUT2D eigenvalue weighted by molar-refractivity contribution is -0.138. The zero-order valence-electron chi connectivity index (χ0n) is 29.0. The molecular formula is C37H39Cl2N5O9. The monoisotopic (exact) mass is 767 g/mol. The summed E-state index contributed by atoms with van der Waals surface area (Å²) >= 11 is 14.1. The minimum Gasteiger partial charge on any atom is -0.496 e. The highest BCUT2D eigenvalue weighted by Gasteiger charge is 2.25. The Bertz CT molecular complexity index is 1920. The molecule has 4 aromatic rings. The lowest BCUT2D eigenvalue weighted by Gasteiger charge is -2.29. The van der Waals surface area contributed by atoms with Gasteiger partial charge in [-0.05, 0) is 42.7 Å². The maximum absolute atomic E-state index is 11.5. The van der Waals surface area contributed by atoms with Crippen molar-refractivity contribution in [2.45, 2.75) is 38.4 Å². The molecule has 16 heteroatoms. The van der Waals surface area contributed by atoms with Gasteiger partial charge in [0.2, 0.25) is 11.8 Å². The Morgan fingerprint density at radius 3 is 2.40 bits per heavy atom. The van der Waals surface area contributed by atoms with Crippen LogP contribution in [0.3, 0.4) is 0 Å². The number of ether oxygens (including phenoxy) is 2. The molecule has 53 heavy (non-hydrogen) atoms. The first-order valence-corrected chi connectivity index (χ1v) is 17.1. The Morgan fingerprint density at radius 1 is 1.02 bits per heavy atom. The van der Waals surface area contributed by atoms with Crippen LogP contribution in [0, 0.1) is 0 Å². The van der Waals surface area contributed by atoms with Crippen molar-refractivity contribution in [3.63, 3.8) is 0 Å². The van der Waals surface area contributed by atoms with E-state index in [1.807, 2.05) is 47.4 Å². The maximum Gasteiger partial charge on any atom is 0.317 e. The number of nitrogens with one attached hydrogen (secondary N) is 2. The second kappa shape index (κ2) is 19.5. The molecule has 1 fully saturated rings. The standard InChI is InChI=1S/C35H35Cl2N5O5.2CH2O2/c1-46-29-15-22(14-20-11-13-42(18-27(20)29)19-31(44)45)34-33(37)25(10-12-39-34)24-4-3-5-26(32(24)36)28-8-6-21(35(41-28)47-2)16-38-17-23-7-9-30(43)40-23;2*2-1-3/h3-6,8,10,12,14-15,23,38H,7,9,11,13,16-19H2,1-2H3,(H,40,43)(H,44,45);2*1H,(H,2,3)/t23-;;/m0../s1. The van der Waals surface area contributed by atoms with Crippen LogP contribution in [0.1, 0.15) is 29.5 Å². The number of aliphatic carboxylic acids is 1. The zero-order chi connectivity index (χ0) is 38.5. The molecule has 1 amide bonds. The van der Waals surface area contributed by atoms with Crippen LogP contribution in [0.25, 0.3) is 33.6 Å². The van der Waals surface area contributed by atoms with Crippen LogP contribution >= 0.6 is 23.2 Å². The van der Waals surface area contributed by atoms with Crippen molar-refractivity contribution in [3.8, 4) is 45.3 Å². The van der Waals surface area contributed by atoms with Gasteiger partial charge in [-0.2, -0.15) is 0 Å². The molecule has 1 atom stereocenters. The molecule has 0 radical (unpaired) electrons. The topological polar surface area (TPSA) is 201 Å². The molecule has 2 aromatic carbocycles. The number of rotatable bonds is 11. The molecule has 1 saturated heterocycles. The van der Waals surface area contributed by atoms with E-state index in [4.69, 9.17) is 57.5 Å². The fourth-order valence-electron chi connectivity index (χ4n) is 6.26. The van der Waals surface area contributed by atoms with E-state index in [1.54, 1.807) is 20.4 Å². The molecule has 0 saturated carbocycles. The quantitative estimate of drug-likeness (QED) is 0.128. The van der Waals surface area contributed by atoms with Gasteiger partial charge in [0.25, 0.3) is 12.9 Å². The van der Waals surface area contributed by atoms with E-state index in [9.17, 15) is 14.7 Å². The number of methoxy groups -OCH3 is 2. The van der Waals surface area contributed by atoms with Crippen molar-refractivity contribution in [2.24, 2.45) is 0 Å². The summed E-state index contributed by atoms with van der Waals surface area (Å²) in [5, 5.41) is 30.3. The number of carbonyl (C=O) groups excluding carboxylic acids is 1. The molecule has 2 aliphatic heterocycles. The van der Waals surface area contributed by atoms with Crippen molar-refractivity contribution < 1.29 is 44.0 Å². The highest BCUT2D eigenvalue weighted by atomic mass is 35.5. The molecule has 6 rings (SSSR count). The first-order chi connectivity index (χ1) is 25.6. The summed E-state index contributed by atoms with van der Waals surface area (Å²) in [6.07, 6.45) is 3.79. The van der Waals surface area contributed by atoms with Gasteiger partial charge in [-0.25, -0.2) is 4.98 Å². The van der Waals surface area contributed by atoms with Gasteiger partial charge in [0.05, 0.1) is 42.2 Å². The lowest BCUT2D eigenvalue weighted by Crippen LogP contribution is -2.35. The van der Waals surface area contributed by atoms with Crippen LogP contribution in [0.15, 0.2) is 54.7 Å². The molecule has 2 aromatic heterocycles. The number of benzene rings is 2. The number of carboxylic acids is 1. The fourth-order valence-corrected chi connectivity index (χ4v) is 6.91. The van der Waals surface area contributed by atoms with E-state index in [-0.39, 0.29) is 31.4 Å². The predicted octanol–water partition coefficient (Wildman–Crippen LogP) is 5.01. The third kappa shape index (κ3) is 10.2. The normalized spacial score (nSPS) is 14.7. The van der Waals surface area contributed by atoms with Crippen LogP contribution in [-0.4, -0.2) is 94.9 Å². The summed E-state index contributed by atoms with van der Waals surface area (Å²) in [6.45, 7) is 1.81. The zero-order valence-corrected chi connectivity index (χ0v) is 30.5. The van der Waals surface area contributed by atoms with Crippen molar-refractivity contribution in [1.82, 2.24) is 25.5 Å². The first kappa shape index (κ1) is 40.5. The largest absolute Gasteiger partial charge is 0.496 e. The van der Waals surface area contributed by atoms with Crippen LogP contribution in [-0.2, 0) is 38.7 Å². The summed E-state index contributed by atoms with van der Waals surface area (Å²) in [4.78, 5) is 50.8. The summed E-state index contributed by atoms with van der Waals surface area (Å²) in [5.74, 6) is 0.394. The predicted molar refractivity (Wildman–Crippen MR) is 198 cm³/mol. The van der Waals surface area contributed by atoms with Gasteiger partial charge in [0.15, 0.2) is 0 Å². The first-order valence-electron chi connectivity index (χ1n) is 16.4. The molecule has 5 N–H and O–H groups in total. The number of halogens is 2. The SMILES string of the molecule is COc1cc(-c2nccc(-c3cccc(-c4ccc(CNC[C@@H]5CCC(=O)N5)c(OC)n4)c3Cl)c2Cl)cc2c1CN(CC(=O)O)CC2.O=CO.O=CO. The highest BCUT2D eigenvalue weighted by molar-refractivity contribution is 6.39. The number of fused-ring (bicyclic) bond motifs is 1. The number of pyridine rings is 2. The minimum absolute atomic E-state index is 0.0222. The van der Waals surface area contributed by atoms with Crippen LogP contribution < -0.4 is 20.1 Å². The second-order valence-corrected chi connectivity index (χ2v) is 12.6. The maximum atomic E-state index is 11.5. The van der Waals surface area contributed by atoms with Crippen molar-refractivity contribution >= 4 is 48.0 Å². The van der Waals surface area contributed by atoms with Crippen molar-refractivity contribution in [3.05, 3.63) is 81.5 Å². The molecule has 280 valence electrons. The summed E-state index contributed by atoms with van der Waals surface area (Å²) in [5.41, 5.74) is 7.17. The van der Waals surface area contributed by atoms with E-state index < -0.39 is 5.97 Å². The van der Waals surface area contributed by atoms with Gasteiger partial charge >= 0.3 is 5.97 Å². The Balaban J connectivity index is 0.000000980. The summed E-state index contributed by atoms with van der Waals surface area (Å²) in [6, 6.07) is 15.5. The number of carboxylic acid groups (broad SMARTS) is 3. The second-order valence-electron chi connectivity index (χ2n) is 11.9. The Kier molecular flexibility index (Phi) is 14.9. The highest BCUT2D eigenvalue weighted by Crippen LogP contribution is 2.43.